The van der Waals surface area contributed by atoms with Crippen LogP contribution in [0.4, 0.5) is 17.1 Å². The van der Waals surface area contributed by atoms with Crippen LogP contribution in [0.25, 0.3) is 0 Å². The molecule has 18 heavy (non-hydrogen) atoms. The summed E-state index contributed by atoms with van der Waals surface area (Å²) in [6.45, 7) is 3.14. The van der Waals surface area contributed by atoms with Crippen molar-refractivity contribution in [2.75, 3.05) is 17.7 Å². The molecule has 2 heterocycles. The van der Waals surface area contributed by atoms with Gasteiger partial charge in [0.2, 0.25) is 0 Å². The van der Waals surface area contributed by atoms with Crippen LogP contribution in [0.1, 0.15) is 12.5 Å². The van der Waals surface area contributed by atoms with Gasteiger partial charge in [0.05, 0.1) is 17.1 Å². The lowest BCUT2D eigenvalue weighted by atomic mass is 10.2. The summed E-state index contributed by atoms with van der Waals surface area (Å²) in [5.74, 6) is 0. The SMILES string of the molecule is CCN1c2ccccc2N=C(SC)c2cscc21. The molecule has 4 heteroatoms. The number of aliphatic imine (C=N–C) groups is 1. The van der Waals surface area contributed by atoms with E-state index in [9.17, 15) is 0 Å². The molecule has 1 aliphatic heterocycles. The summed E-state index contributed by atoms with van der Waals surface area (Å²) in [5.41, 5.74) is 4.79. The van der Waals surface area contributed by atoms with E-state index >= 15 is 0 Å². The molecule has 1 aromatic heterocycles. The van der Waals surface area contributed by atoms with Crippen molar-refractivity contribution in [3.63, 3.8) is 0 Å². The number of para-hydroxylation sites is 2. The summed E-state index contributed by atoms with van der Waals surface area (Å²) in [4.78, 5) is 7.16. The van der Waals surface area contributed by atoms with Gasteiger partial charge in [0, 0.05) is 22.9 Å². The van der Waals surface area contributed by atoms with Crippen LogP contribution >= 0.6 is 23.1 Å². The molecule has 0 amide bonds. The summed E-state index contributed by atoms with van der Waals surface area (Å²) in [6.07, 6.45) is 2.09. The number of benzene rings is 1. The first-order chi connectivity index (χ1) is 8.85. The van der Waals surface area contributed by atoms with E-state index in [1.807, 2.05) is 6.07 Å². The number of fused-ring (bicyclic) bond motifs is 2. The van der Waals surface area contributed by atoms with Crippen molar-refractivity contribution in [1.29, 1.82) is 0 Å². The maximum absolute atomic E-state index is 4.81. The van der Waals surface area contributed by atoms with Crippen molar-refractivity contribution >= 4 is 45.2 Å². The maximum atomic E-state index is 4.81. The Morgan fingerprint density at radius 1 is 1.22 bits per heavy atom. The third kappa shape index (κ3) is 1.76. The lowest BCUT2D eigenvalue weighted by molar-refractivity contribution is 1.03. The smallest absolute Gasteiger partial charge is 0.107 e. The highest BCUT2D eigenvalue weighted by Crippen LogP contribution is 2.41. The normalized spacial score (nSPS) is 13.7. The summed E-state index contributed by atoms with van der Waals surface area (Å²) in [5, 5.41) is 5.51. The molecule has 92 valence electrons. The predicted octanol–water partition coefficient (Wildman–Crippen LogP) is 4.66. The highest BCUT2D eigenvalue weighted by Gasteiger charge is 2.22. The highest BCUT2D eigenvalue weighted by atomic mass is 32.2. The Morgan fingerprint density at radius 3 is 2.83 bits per heavy atom. The van der Waals surface area contributed by atoms with E-state index in [1.165, 1.54) is 16.9 Å². The molecule has 0 N–H and O–H groups in total. The van der Waals surface area contributed by atoms with E-state index in [-0.39, 0.29) is 0 Å². The van der Waals surface area contributed by atoms with Gasteiger partial charge >= 0.3 is 0 Å². The number of rotatable bonds is 1. The third-order valence-electron chi connectivity index (χ3n) is 3.07. The fraction of sp³-hybridized carbons (Fsp3) is 0.214. The Morgan fingerprint density at radius 2 is 2.06 bits per heavy atom. The van der Waals surface area contributed by atoms with Crippen molar-refractivity contribution in [1.82, 2.24) is 0 Å². The summed E-state index contributed by atoms with van der Waals surface area (Å²) in [6, 6.07) is 8.36. The first-order valence-corrected chi connectivity index (χ1v) is 8.07. The van der Waals surface area contributed by atoms with Gasteiger partial charge in [-0.3, -0.25) is 0 Å². The zero-order valence-electron chi connectivity index (χ0n) is 10.4. The lowest BCUT2D eigenvalue weighted by Gasteiger charge is -2.22. The zero-order valence-corrected chi connectivity index (χ0v) is 12.0. The molecule has 0 saturated carbocycles. The number of thioether (sulfide) groups is 1. The van der Waals surface area contributed by atoms with Gasteiger partial charge < -0.3 is 4.90 Å². The topological polar surface area (TPSA) is 15.6 Å². The van der Waals surface area contributed by atoms with E-state index in [1.54, 1.807) is 23.1 Å². The quantitative estimate of drug-likeness (QED) is 0.751. The van der Waals surface area contributed by atoms with Crippen molar-refractivity contribution in [3.8, 4) is 0 Å². The van der Waals surface area contributed by atoms with Gasteiger partial charge in [-0.05, 0) is 25.3 Å². The Balaban J connectivity index is 2.28. The zero-order chi connectivity index (χ0) is 12.5. The van der Waals surface area contributed by atoms with Gasteiger partial charge in [0.1, 0.15) is 5.04 Å². The van der Waals surface area contributed by atoms with Crippen molar-refractivity contribution < 1.29 is 0 Å². The maximum Gasteiger partial charge on any atom is 0.107 e. The van der Waals surface area contributed by atoms with Gasteiger partial charge in [-0.25, -0.2) is 4.99 Å². The largest absolute Gasteiger partial charge is 0.339 e. The van der Waals surface area contributed by atoms with Crippen LogP contribution in [-0.4, -0.2) is 17.8 Å². The molecule has 0 bridgehead atoms. The van der Waals surface area contributed by atoms with Crippen LogP contribution < -0.4 is 4.90 Å². The molecule has 3 rings (SSSR count). The molecule has 1 aromatic carbocycles. The van der Waals surface area contributed by atoms with Crippen LogP contribution in [-0.2, 0) is 0 Å². The van der Waals surface area contributed by atoms with E-state index < -0.39 is 0 Å². The number of hydrogen-bond acceptors (Lipinski definition) is 4. The third-order valence-corrected chi connectivity index (χ3v) is 4.50. The van der Waals surface area contributed by atoms with Gasteiger partial charge in [-0.15, -0.1) is 23.1 Å². The van der Waals surface area contributed by atoms with Crippen molar-refractivity contribution in [2.45, 2.75) is 6.92 Å². The standard InChI is InChI=1S/C14H14N2S2/c1-3-16-12-7-5-4-6-11(12)15-14(17-2)10-8-18-9-13(10)16/h4-9H,3H2,1-2H3. The van der Waals surface area contributed by atoms with Gasteiger partial charge in [0.15, 0.2) is 0 Å². The van der Waals surface area contributed by atoms with Crippen LogP contribution in [0.2, 0.25) is 0 Å². The fourth-order valence-electron chi connectivity index (χ4n) is 2.24. The molecule has 0 saturated heterocycles. The second-order valence-corrected chi connectivity index (χ2v) is 5.56. The van der Waals surface area contributed by atoms with E-state index in [2.05, 4.69) is 47.0 Å². The van der Waals surface area contributed by atoms with E-state index in [0.717, 1.165) is 17.3 Å². The van der Waals surface area contributed by atoms with E-state index in [0.29, 0.717) is 0 Å². The summed E-state index contributed by atoms with van der Waals surface area (Å²) >= 11 is 3.45. The van der Waals surface area contributed by atoms with Crippen LogP contribution in [0.3, 0.4) is 0 Å². The average molecular weight is 274 g/mol. The molecular formula is C14H14N2S2. The monoisotopic (exact) mass is 274 g/mol. The molecule has 1 aliphatic rings. The number of thiophene rings is 1. The molecule has 2 aromatic rings. The van der Waals surface area contributed by atoms with Gasteiger partial charge in [0.25, 0.3) is 0 Å². The molecule has 0 atom stereocenters. The van der Waals surface area contributed by atoms with Crippen LogP contribution in [0, 0.1) is 0 Å². The van der Waals surface area contributed by atoms with Crippen molar-refractivity contribution in [3.05, 3.63) is 40.6 Å². The summed E-state index contributed by atoms with van der Waals surface area (Å²) in [7, 11) is 0. The second kappa shape index (κ2) is 4.78. The number of hydrogen-bond donors (Lipinski definition) is 0. The molecule has 0 fully saturated rings. The Bertz CT molecular complexity index is 601. The van der Waals surface area contributed by atoms with Crippen LogP contribution in [0.5, 0.6) is 0 Å². The van der Waals surface area contributed by atoms with Crippen molar-refractivity contribution in [2.24, 2.45) is 4.99 Å². The minimum atomic E-state index is 0.956. The van der Waals surface area contributed by atoms with Gasteiger partial charge in [-0.2, -0.15) is 0 Å². The Kier molecular flexibility index (Phi) is 3.14. The van der Waals surface area contributed by atoms with E-state index in [4.69, 9.17) is 4.99 Å². The molecular weight excluding hydrogens is 260 g/mol. The lowest BCUT2D eigenvalue weighted by Crippen LogP contribution is -2.16. The van der Waals surface area contributed by atoms with Crippen LogP contribution in [0.15, 0.2) is 40.0 Å². The van der Waals surface area contributed by atoms with Gasteiger partial charge in [-0.1, -0.05) is 12.1 Å². The minimum absolute atomic E-state index is 0.956. The molecule has 2 nitrogen and oxygen atoms in total. The summed E-state index contributed by atoms with van der Waals surface area (Å²) < 4.78 is 0. The molecule has 0 unspecified atom stereocenters. The fourth-order valence-corrected chi connectivity index (χ4v) is 3.71. The average Bonchev–Trinajstić information content (AvgIpc) is 2.83. The molecule has 0 spiro atoms. The number of anilines is 2. The minimum Gasteiger partial charge on any atom is -0.339 e. The predicted molar refractivity (Wildman–Crippen MR) is 83.2 cm³/mol. The Labute approximate surface area is 115 Å². The number of nitrogens with zero attached hydrogens (tertiary/aromatic N) is 2. The molecule has 0 aliphatic carbocycles. The first kappa shape index (κ1) is 11.8. The first-order valence-electron chi connectivity index (χ1n) is 5.91. The second-order valence-electron chi connectivity index (χ2n) is 4.02. The Hall–Kier alpha value is -1.26. The highest BCUT2D eigenvalue weighted by molar-refractivity contribution is 8.13. The molecule has 0 radical (unpaired) electrons.